The van der Waals surface area contributed by atoms with Gasteiger partial charge >= 0.3 is 5.97 Å². The number of fused-ring (bicyclic) bond motifs is 1. The van der Waals surface area contributed by atoms with Crippen LogP contribution in [-0.2, 0) is 11.2 Å². The molecule has 0 amide bonds. The zero-order valence-electron chi connectivity index (χ0n) is 19.5. The average Bonchev–Trinajstić information content (AvgIpc) is 3.35. The van der Waals surface area contributed by atoms with Crippen molar-refractivity contribution < 1.29 is 18.7 Å². The molecule has 34 heavy (non-hydrogen) atoms. The van der Waals surface area contributed by atoms with Gasteiger partial charge in [-0.2, -0.15) is 0 Å². The Bertz CT molecular complexity index is 1130. The molecule has 7 nitrogen and oxygen atoms in total. The quantitative estimate of drug-likeness (QED) is 0.545. The van der Waals surface area contributed by atoms with Crippen LogP contribution in [0.2, 0.25) is 0 Å². The monoisotopic (exact) mass is 461 g/mol. The van der Waals surface area contributed by atoms with Crippen molar-refractivity contribution >= 4 is 5.97 Å². The van der Waals surface area contributed by atoms with E-state index in [1.54, 1.807) is 6.92 Å². The van der Waals surface area contributed by atoms with Crippen LogP contribution in [-0.4, -0.2) is 47.6 Å². The van der Waals surface area contributed by atoms with Gasteiger partial charge in [0.25, 0.3) is 0 Å². The molecule has 0 bridgehead atoms. The Morgan fingerprint density at radius 1 is 1.18 bits per heavy atom. The number of carbonyl (C=O) groups is 1. The molecule has 1 aliphatic carbocycles. The lowest BCUT2D eigenvalue weighted by Crippen LogP contribution is -2.51. The van der Waals surface area contributed by atoms with Gasteiger partial charge in [0.15, 0.2) is 17.8 Å². The number of hydrogen-bond donors (Lipinski definition) is 1. The molecular weight excluding hydrogens is 430 g/mol. The number of rotatable bonds is 6. The molecule has 2 aromatic carbocycles. The summed E-state index contributed by atoms with van der Waals surface area (Å²) in [5.74, 6) is 0.676. The molecule has 1 aromatic heterocycles. The molecule has 0 saturated carbocycles. The molecule has 2 N–H and O–H groups in total. The molecule has 3 atom stereocenters. The van der Waals surface area contributed by atoms with Gasteiger partial charge in [-0.15, -0.1) is 0 Å². The summed E-state index contributed by atoms with van der Waals surface area (Å²) in [7, 11) is 0. The Balaban J connectivity index is 1.40. The second-order valence-corrected chi connectivity index (χ2v) is 9.02. The molecule has 7 heteroatoms. The first-order chi connectivity index (χ1) is 16.6. The maximum absolute atomic E-state index is 12.2. The van der Waals surface area contributed by atoms with E-state index in [4.69, 9.17) is 19.6 Å². The SMILES string of the molecule is CCOC(=O)c1ncoc1-c1ccc(O[C@H]2c3ccccc3CC[C@@H]2N2CCC[C@@H](N)C2)cc1. The number of carbonyl (C=O) groups excluding carboxylic acids is 1. The third-order valence-electron chi connectivity index (χ3n) is 6.79. The number of piperidine rings is 1. The Labute approximate surface area is 199 Å². The number of aromatic nitrogens is 1. The van der Waals surface area contributed by atoms with Crippen LogP contribution in [0.15, 0.2) is 59.3 Å². The highest BCUT2D eigenvalue weighted by Crippen LogP contribution is 2.38. The summed E-state index contributed by atoms with van der Waals surface area (Å²) in [6.07, 6.45) is 5.50. The summed E-state index contributed by atoms with van der Waals surface area (Å²) in [4.78, 5) is 18.7. The van der Waals surface area contributed by atoms with Crippen LogP contribution in [0.1, 0.15) is 53.9 Å². The van der Waals surface area contributed by atoms with Gasteiger partial charge < -0.3 is 19.6 Å². The molecule has 2 aliphatic rings. The van der Waals surface area contributed by atoms with Crippen LogP contribution in [0.3, 0.4) is 0 Å². The average molecular weight is 462 g/mol. The normalized spacial score (nSPS) is 22.7. The third kappa shape index (κ3) is 4.58. The molecule has 3 aromatic rings. The van der Waals surface area contributed by atoms with Gasteiger partial charge in [0.1, 0.15) is 11.9 Å². The summed E-state index contributed by atoms with van der Waals surface area (Å²) in [5.41, 5.74) is 9.84. The molecule has 178 valence electrons. The van der Waals surface area contributed by atoms with Gasteiger partial charge in [-0.05, 0) is 74.5 Å². The highest BCUT2D eigenvalue weighted by Gasteiger charge is 2.36. The fraction of sp³-hybridized carbons (Fsp3) is 0.407. The number of oxazole rings is 1. The maximum atomic E-state index is 12.2. The number of aryl methyl sites for hydroxylation is 1. The molecule has 0 unspecified atom stereocenters. The molecule has 0 spiro atoms. The van der Waals surface area contributed by atoms with Crippen molar-refractivity contribution in [2.75, 3.05) is 19.7 Å². The number of nitrogens with zero attached hydrogens (tertiary/aromatic N) is 2. The van der Waals surface area contributed by atoms with Gasteiger partial charge in [0, 0.05) is 18.2 Å². The fourth-order valence-corrected chi connectivity index (χ4v) is 5.19. The minimum absolute atomic E-state index is 0.0681. The van der Waals surface area contributed by atoms with Gasteiger partial charge in [0.2, 0.25) is 0 Å². The molecule has 1 fully saturated rings. The van der Waals surface area contributed by atoms with E-state index in [0.29, 0.717) is 5.76 Å². The van der Waals surface area contributed by atoms with Crippen LogP contribution < -0.4 is 10.5 Å². The van der Waals surface area contributed by atoms with Crippen molar-refractivity contribution in [2.24, 2.45) is 5.73 Å². The zero-order chi connectivity index (χ0) is 23.5. The van der Waals surface area contributed by atoms with Gasteiger partial charge in [-0.25, -0.2) is 9.78 Å². The smallest absolute Gasteiger partial charge is 0.360 e. The number of hydrogen-bond acceptors (Lipinski definition) is 7. The van der Waals surface area contributed by atoms with Crippen molar-refractivity contribution in [3.63, 3.8) is 0 Å². The summed E-state index contributed by atoms with van der Waals surface area (Å²) >= 11 is 0. The number of likely N-dealkylation sites (tertiary alicyclic amines) is 1. The first kappa shape index (κ1) is 22.6. The zero-order valence-corrected chi connectivity index (χ0v) is 19.5. The van der Waals surface area contributed by atoms with E-state index in [-0.39, 0.29) is 30.5 Å². The van der Waals surface area contributed by atoms with Crippen LogP contribution in [0.25, 0.3) is 11.3 Å². The van der Waals surface area contributed by atoms with Crippen molar-refractivity contribution in [1.29, 1.82) is 0 Å². The van der Waals surface area contributed by atoms with E-state index < -0.39 is 5.97 Å². The van der Waals surface area contributed by atoms with E-state index in [2.05, 4.69) is 34.1 Å². The van der Waals surface area contributed by atoms with E-state index in [1.165, 1.54) is 17.5 Å². The molecule has 2 heterocycles. The molecule has 1 saturated heterocycles. The summed E-state index contributed by atoms with van der Waals surface area (Å²) in [5, 5.41) is 0. The van der Waals surface area contributed by atoms with Crippen molar-refractivity contribution in [1.82, 2.24) is 9.88 Å². The van der Waals surface area contributed by atoms with Gasteiger partial charge in [-0.3, -0.25) is 4.90 Å². The molecular formula is C27H31N3O4. The predicted octanol–water partition coefficient (Wildman–Crippen LogP) is 4.38. The van der Waals surface area contributed by atoms with Crippen molar-refractivity contribution in [3.8, 4) is 17.1 Å². The molecule has 5 rings (SSSR count). The van der Waals surface area contributed by atoms with Crippen LogP contribution in [0.4, 0.5) is 0 Å². The first-order valence-electron chi connectivity index (χ1n) is 12.1. The fourth-order valence-electron chi connectivity index (χ4n) is 5.19. The largest absolute Gasteiger partial charge is 0.484 e. The lowest BCUT2D eigenvalue weighted by atomic mass is 9.84. The van der Waals surface area contributed by atoms with Crippen LogP contribution in [0, 0.1) is 0 Å². The van der Waals surface area contributed by atoms with Crippen LogP contribution in [0.5, 0.6) is 5.75 Å². The Hall–Kier alpha value is -3.16. The number of esters is 1. The number of nitrogens with two attached hydrogens (primary N) is 1. The second-order valence-electron chi connectivity index (χ2n) is 9.02. The summed E-state index contributed by atoms with van der Waals surface area (Å²) < 4.78 is 17.2. The maximum Gasteiger partial charge on any atom is 0.360 e. The predicted molar refractivity (Wildman–Crippen MR) is 129 cm³/mol. The van der Waals surface area contributed by atoms with E-state index in [9.17, 15) is 4.79 Å². The van der Waals surface area contributed by atoms with Crippen molar-refractivity contribution in [2.45, 2.75) is 50.8 Å². The minimum Gasteiger partial charge on any atom is -0.484 e. The minimum atomic E-state index is -0.493. The van der Waals surface area contributed by atoms with Crippen molar-refractivity contribution in [3.05, 3.63) is 71.7 Å². The van der Waals surface area contributed by atoms with Gasteiger partial charge in [-0.1, -0.05) is 24.3 Å². The number of ether oxygens (including phenoxy) is 2. The molecule has 1 aliphatic heterocycles. The Morgan fingerprint density at radius 3 is 2.79 bits per heavy atom. The van der Waals surface area contributed by atoms with E-state index in [0.717, 1.165) is 50.1 Å². The third-order valence-corrected chi connectivity index (χ3v) is 6.79. The highest BCUT2D eigenvalue weighted by molar-refractivity contribution is 5.93. The molecule has 0 radical (unpaired) electrons. The first-order valence-corrected chi connectivity index (χ1v) is 12.1. The van der Waals surface area contributed by atoms with Crippen LogP contribution >= 0.6 is 0 Å². The van der Waals surface area contributed by atoms with E-state index >= 15 is 0 Å². The second kappa shape index (κ2) is 9.99. The van der Waals surface area contributed by atoms with E-state index in [1.807, 2.05) is 24.3 Å². The lowest BCUT2D eigenvalue weighted by Gasteiger charge is -2.43. The number of benzene rings is 2. The topological polar surface area (TPSA) is 90.8 Å². The summed E-state index contributed by atoms with van der Waals surface area (Å²) in [6, 6.07) is 16.7. The highest BCUT2D eigenvalue weighted by atomic mass is 16.5. The Kier molecular flexibility index (Phi) is 6.65. The lowest BCUT2D eigenvalue weighted by molar-refractivity contribution is 0.0367. The van der Waals surface area contributed by atoms with Gasteiger partial charge in [0.05, 0.1) is 12.6 Å². The Morgan fingerprint density at radius 2 is 2.00 bits per heavy atom. The summed E-state index contributed by atoms with van der Waals surface area (Å²) in [6.45, 7) is 4.01. The standard InChI is InChI=1S/C27H31N3O4/c1-2-32-27(31)24-25(33-17-29-24)19-9-12-21(13-10-19)34-26-22-8-4-3-6-18(22)11-14-23(26)30-15-5-7-20(28)16-30/h3-4,6,8-10,12-13,17,20,23,26H,2,5,7,11,14-16,28H2,1H3/t20-,23+,26+/m1/s1.